The van der Waals surface area contributed by atoms with Gasteiger partial charge in [-0.05, 0) is 55.3 Å². The lowest BCUT2D eigenvalue weighted by atomic mass is 10.1. The SMILES string of the molecule is Cc1ccc(C)c(S(=O)(=O)NCCC(=O)Nc2ccc(-c3cnco3)cc2)c1. The summed E-state index contributed by atoms with van der Waals surface area (Å²) >= 11 is 0. The second kappa shape index (κ2) is 8.37. The first-order valence-corrected chi connectivity index (χ1v) is 10.2. The van der Waals surface area contributed by atoms with Crippen molar-refractivity contribution in [2.75, 3.05) is 11.9 Å². The Morgan fingerprint density at radius 3 is 2.54 bits per heavy atom. The van der Waals surface area contributed by atoms with Crippen molar-refractivity contribution < 1.29 is 17.6 Å². The fourth-order valence-electron chi connectivity index (χ4n) is 2.67. The molecule has 0 radical (unpaired) electrons. The highest BCUT2D eigenvalue weighted by atomic mass is 32.2. The molecule has 2 aromatic carbocycles. The van der Waals surface area contributed by atoms with Gasteiger partial charge in [0.1, 0.15) is 0 Å². The van der Waals surface area contributed by atoms with Gasteiger partial charge in [0.15, 0.2) is 12.2 Å². The third-order valence-corrected chi connectivity index (χ3v) is 5.77. The lowest BCUT2D eigenvalue weighted by Crippen LogP contribution is -2.28. The van der Waals surface area contributed by atoms with Crippen LogP contribution in [0.5, 0.6) is 0 Å². The van der Waals surface area contributed by atoms with Gasteiger partial charge in [-0.25, -0.2) is 18.1 Å². The van der Waals surface area contributed by atoms with Gasteiger partial charge in [0.25, 0.3) is 0 Å². The van der Waals surface area contributed by atoms with E-state index in [9.17, 15) is 13.2 Å². The molecule has 2 N–H and O–H groups in total. The molecule has 146 valence electrons. The normalized spacial score (nSPS) is 11.4. The predicted molar refractivity (Wildman–Crippen MR) is 106 cm³/mol. The van der Waals surface area contributed by atoms with Gasteiger partial charge in [0.05, 0.1) is 11.1 Å². The number of rotatable bonds is 7. The minimum Gasteiger partial charge on any atom is -0.444 e. The Hall–Kier alpha value is -2.97. The van der Waals surface area contributed by atoms with Gasteiger partial charge in [-0.3, -0.25) is 4.79 Å². The average Bonchev–Trinajstić information content (AvgIpc) is 3.19. The number of carbonyl (C=O) groups is 1. The van der Waals surface area contributed by atoms with Crippen molar-refractivity contribution in [3.05, 3.63) is 66.2 Å². The van der Waals surface area contributed by atoms with Crippen LogP contribution in [0, 0.1) is 13.8 Å². The summed E-state index contributed by atoms with van der Waals surface area (Å²) in [4.78, 5) is 16.2. The minimum absolute atomic E-state index is 0.0116. The van der Waals surface area contributed by atoms with Gasteiger partial charge in [-0.2, -0.15) is 0 Å². The molecule has 0 spiro atoms. The summed E-state index contributed by atoms with van der Waals surface area (Å²) in [7, 11) is -3.66. The largest absolute Gasteiger partial charge is 0.444 e. The van der Waals surface area contributed by atoms with Gasteiger partial charge in [0.2, 0.25) is 15.9 Å². The predicted octanol–water partition coefficient (Wildman–Crippen LogP) is 3.27. The summed E-state index contributed by atoms with van der Waals surface area (Å²) in [5, 5.41) is 2.74. The van der Waals surface area contributed by atoms with Crippen molar-refractivity contribution in [3.63, 3.8) is 0 Å². The van der Waals surface area contributed by atoms with Crippen molar-refractivity contribution in [3.8, 4) is 11.3 Å². The van der Waals surface area contributed by atoms with Gasteiger partial charge in [-0.1, -0.05) is 12.1 Å². The van der Waals surface area contributed by atoms with Crippen molar-refractivity contribution in [2.24, 2.45) is 0 Å². The zero-order chi connectivity index (χ0) is 20.1. The number of aryl methyl sites for hydroxylation is 2. The molecule has 3 rings (SSSR count). The van der Waals surface area contributed by atoms with E-state index in [1.807, 2.05) is 13.0 Å². The Morgan fingerprint density at radius 1 is 1.11 bits per heavy atom. The van der Waals surface area contributed by atoms with E-state index in [0.717, 1.165) is 11.1 Å². The molecule has 8 heteroatoms. The molecule has 7 nitrogen and oxygen atoms in total. The van der Waals surface area contributed by atoms with Crippen LogP contribution in [-0.2, 0) is 14.8 Å². The molecule has 0 saturated heterocycles. The fraction of sp³-hybridized carbons (Fsp3) is 0.200. The maximum Gasteiger partial charge on any atom is 0.240 e. The number of hydrogen-bond acceptors (Lipinski definition) is 5. The Morgan fingerprint density at radius 2 is 1.86 bits per heavy atom. The molecule has 0 aliphatic heterocycles. The van der Waals surface area contributed by atoms with Crippen LogP contribution >= 0.6 is 0 Å². The highest BCUT2D eigenvalue weighted by Crippen LogP contribution is 2.21. The smallest absolute Gasteiger partial charge is 0.240 e. The Balaban J connectivity index is 1.53. The highest BCUT2D eigenvalue weighted by Gasteiger charge is 2.17. The van der Waals surface area contributed by atoms with Gasteiger partial charge in [-0.15, -0.1) is 0 Å². The lowest BCUT2D eigenvalue weighted by Gasteiger charge is -2.10. The minimum atomic E-state index is -3.66. The van der Waals surface area contributed by atoms with Crippen LogP contribution in [0.4, 0.5) is 5.69 Å². The molecule has 0 aliphatic carbocycles. The van der Waals surface area contributed by atoms with Crippen molar-refractivity contribution in [1.29, 1.82) is 0 Å². The second-order valence-electron chi connectivity index (χ2n) is 6.41. The van der Waals surface area contributed by atoms with Crippen LogP contribution in [0.3, 0.4) is 0 Å². The first-order valence-electron chi connectivity index (χ1n) is 8.71. The van der Waals surface area contributed by atoms with E-state index in [-0.39, 0.29) is 23.8 Å². The molecule has 3 aromatic rings. The molecule has 0 bridgehead atoms. The van der Waals surface area contributed by atoms with E-state index in [1.54, 1.807) is 49.5 Å². The third-order valence-electron chi connectivity index (χ3n) is 4.16. The van der Waals surface area contributed by atoms with Crippen LogP contribution in [0.1, 0.15) is 17.5 Å². The number of oxazole rings is 1. The number of nitrogens with one attached hydrogen (secondary N) is 2. The van der Waals surface area contributed by atoms with Gasteiger partial charge < -0.3 is 9.73 Å². The molecule has 1 heterocycles. The first-order chi connectivity index (χ1) is 13.3. The van der Waals surface area contributed by atoms with Gasteiger partial charge >= 0.3 is 0 Å². The van der Waals surface area contributed by atoms with Crippen LogP contribution in [0.25, 0.3) is 11.3 Å². The van der Waals surface area contributed by atoms with E-state index < -0.39 is 10.0 Å². The Bertz CT molecular complexity index is 1060. The number of benzene rings is 2. The van der Waals surface area contributed by atoms with Crippen molar-refractivity contribution >= 4 is 21.6 Å². The van der Waals surface area contributed by atoms with Crippen LogP contribution in [0.2, 0.25) is 0 Å². The average molecular weight is 399 g/mol. The quantitative estimate of drug-likeness (QED) is 0.635. The molecular weight excluding hydrogens is 378 g/mol. The van der Waals surface area contributed by atoms with Crippen molar-refractivity contribution in [2.45, 2.75) is 25.2 Å². The van der Waals surface area contributed by atoms with Crippen LogP contribution in [-0.4, -0.2) is 25.9 Å². The molecule has 0 saturated carbocycles. The number of carbonyl (C=O) groups excluding carboxylic acids is 1. The molecule has 0 unspecified atom stereocenters. The summed E-state index contributed by atoms with van der Waals surface area (Å²) in [5.41, 5.74) is 2.98. The summed E-state index contributed by atoms with van der Waals surface area (Å²) in [6.45, 7) is 3.58. The standard InChI is InChI=1S/C20H21N3O4S/c1-14-3-4-15(2)19(11-14)28(25,26)22-10-9-20(24)23-17-7-5-16(6-8-17)18-12-21-13-27-18/h3-8,11-13,22H,9-10H2,1-2H3,(H,23,24). The summed E-state index contributed by atoms with van der Waals surface area (Å²) in [6.07, 6.45) is 2.98. The number of aromatic nitrogens is 1. The van der Waals surface area contributed by atoms with E-state index in [2.05, 4.69) is 15.0 Å². The van der Waals surface area contributed by atoms with E-state index >= 15 is 0 Å². The lowest BCUT2D eigenvalue weighted by molar-refractivity contribution is -0.116. The summed E-state index contributed by atoms with van der Waals surface area (Å²) < 4.78 is 32.6. The first kappa shape index (κ1) is 19.8. The molecular formula is C20H21N3O4S. The zero-order valence-electron chi connectivity index (χ0n) is 15.6. The topological polar surface area (TPSA) is 101 Å². The third kappa shape index (κ3) is 4.85. The molecule has 0 fully saturated rings. The molecule has 1 aromatic heterocycles. The summed E-state index contributed by atoms with van der Waals surface area (Å²) in [5.74, 6) is 0.356. The maximum absolute atomic E-state index is 12.4. The molecule has 28 heavy (non-hydrogen) atoms. The maximum atomic E-state index is 12.4. The van der Waals surface area contributed by atoms with Crippen LogP contribution in [0.15, 0.2) is 64.4 Å². The van der Waals surface area contributed by atoms with E-state index in [4.69, 9.17) is 4.42 Å². The molecule has 0 aliphatic rings. The molecule has 1 amide bonds. The number of hydrogen-bond donors (Lipinski definition) is 2. The Labute approximate surface area is 163 Å². The van der Waals surface area contributed by atoms with Crippen molar-refractivity contribution in [1.82, 2.24) is 9.71 Å². The van der Waals surface area contributed by atoms with E-state index in [1.165, 1.54) is 6.39 Å². The number of sulfonamides is 1. The number of nitrogens with zero attached hydrogens (tertiary/aromatic N) is 1. The number of anilines is 1. The summed E-state index contributed by atoms with van der Waals surface area (Å²) in [6, 6.07) is 12.3. The fourth-order valence-corrected chi connectivity index (χ4v) is 4.03. The zero-order valence-corrected chi connectivity index (χ0v) is 16.4. The van der Waals surface area contributed by atoms with Gasteiger partial charge in [0, 0.05) is 24.2 Å². The van der Waals surface area contributed by atoms with E-state index in [0.29, 0.717) is 17.0 Å². The molecule has 0 atom stereocenters. The number of amides is 1. The second-order valence-corrected chi connectivity index (χ2v) is 8.14. The highest BCUT2D eigenvalue weighted by molar-refractivity contribution is 7.89. The Kier molecular flexibility index (Phi) is 5.91. The monoisotopic (exact) mass is 399 g/mol. The van der Waals surface area contributed by atoms with Crippen LogP contribution < -0.4 is 10.0 Å².